The number of aliphatic imine (C=N–C) groups is 1. The number of thioether (sulfide) groups is 1. The molecule has 0 fully saturated rings. The highest BCUT2D eigenvalue weighted by atomic mass is 32.2. The van der Waals surface area contributed by atoms with Gasteiger partial charge in [-0.2, -0.15) is 15.1 Å². The molecule has 1 aromatic heterocycles. The second kappa shape index (κ2) is 7.72. The highest BCUT2D eigenvalue weighted by molar-refractivity contribution is 8.26. The van der Waals surface area contributed by atoms with Crippen molar-refractivity contribution in [3.8, 4) is 5.69 Å². The van der Waals surface area contributed by atoms with Crippen LogP contribution in [0.1, 0.15) is 47.8 Å². The summed E-state index contributed by atoms with van der Waals surface area (Å²) in [5, 5.41) is 15.9. The maximum atomic E-state index is 12.7. The Kier molecular flexibility index (Phi) is 5.24. The number of rotatable bonds is 4. The van der Waals surface area contributed by atoms with Crippen LogP contribution in [0.15, 0.2) is 39.9 Å². The van der Waals surface area contributed by atoms with Gasteiger partial charge in [-0.25, -0.2) is 0 Å². The molecule has 0 bridgehead atoms. The first-order chi connectivity index (χ1) is 14.3. The molecule has 6 nitrogen and oxygen atoms in total. The zero-order chi connectivity index (χ0) is 21.6. The number of hydrogen-bond acceptors (Lipinski definition) is 4. The van der Waals surface area contributed by atoms with Crippen molar-refractivity contribution in [2.24, 2.45) is 10.1 Å². The monoisotopic (exact) mass is 419 g/mol. The fraction of sp³-hybridized carbons (Fsp3) is 0.304. The third-order valence-electron chi connectivity index (χ3n) is 5.19. The first kappa shape index (κ1) is 20.3. The van der Waals surface area contributed by atoms with E-state index < -0.39 is 0 Å². The standard InChI is InChI=1S/C23H25N5OS/c1-6-7-20-26-28-21(24)19(22(29)25-23(28)30-20)12-17-11-15(4)27(16(17)5)18-9-13(2)8-14(3)10-18/h8-12,24H,6-7H2,1-5H3/b19-12+,24-21?. The average Bonchev–Trinajstić information content (AvgIpc) is 3.18. The molecular weight excluding hydrogens is 394 g/mol. The van der Waals surface area contributed by atoms with E-state index in [0.29, 0.717) is 5.17 Å². The molecule has 4 rings (SSSR count). The van der Waals surface area contributed by atoms with Gasteiger partial charge >= 0.3 is 0 Å². The number of aromatic nitrogens is 1. The molecule has 1 N–H and O–H groups in total. The Bertz CT molecular complexity index is 1150. The van der Waals surface area contributed by atoms with E-state index in [2.05, 4.69) is 60.6 Å². The summed E-state index contributed by atoms with van der Waals surface area (Å²) in [5.41, 5.74) is 6.77. The number of fused-ring (bicyclic) bond motifs is 1. The van der Waals surface area contributed by atoms with Crippen molar-refractivity contribution in [3.05, 3.63) is 57.9 Å². The lowest BCUT2D eigenvalue weighted by Crippen LogP contribution is -2.35. The molecular formula is C23H25N5OS. The molecule has 2 aliphatic heterocycles. The molecule has 1 aromatic carbocycles. The fourth-order valence-corrected chi connectivity index (χ4v) is 4.90. The number of nitrogens with zero attached hydrogens (tertiary/aromatic N) is 4. The Morgan fingerprint density at radius 3 is 2.47 bits per heavy atom. The van der Waals surface area contributed by atoms with E-state index in [1.54, 1.807) is 6.08 Å². The number of nitrogens with one attached hydrogen (secondary N) is 1. The van der Waals surface area contributed by atoms with Gasteiger partial charge in [0.25, 0.3) is 5.91 Å². The van der Waals surface area contributed by atoms with Crippen molar-refractivity contribution in [2.75, 3.05) is 0 Å². The van der Waals surface area contributed by atoms with Crippen molar-refractivity contribution in [3.63, 3.8) is 0 Å². The van der Waals surface area contributed by atoms with Gasteiger partial charge in [0, 0.05) is 17.1 Å². The zero-order valence-corrected chi connectivity index (χ0v) is 18.7. The molecule has 2 aromatic rings. The molecule has 3 heterocycles. The van der Waals surface area contributed by atoms with E-state index in [4.69, 9.17) is 5.41 Å². The number of hydrogen-bond donors (Lipinski definition) is 1. The minimum Gasteiger partial charge on any atom is -0.318 e. The van der Waals surface area contributed by atoms with Gasteiger partial charge in [0.15, 0.2) is 5.84 Å². The van der Waals surface area contributed by atoms with Crippen LogP contribution >= 0.6 is 11.8 Å². The zero-order valence-electron chi connectivity index (χ0n) is 17.9. The van der Waals surface area contributed by atoms with E-state index in [1.807, 2.05) is 13.0 Å². The maximum Gasteiger partial charge on any atom is 0.283 e. The van der Waals surface area contributed by atoms with E-state index in [1.165, 1.54) is 27.9 Å². The summed E-state index contributed by atoms with van der Waals surface area (Å²) < 4.78 is 2.18. The largest absolute Gasteiger partial charge is 0.318 e. The Labute approximate surface area is 180 Å². The number of hydrazone groups is 1. The van der Waals surface area contributed by atoms with Crippen LogP contribution in [0, 0.1) is 33.1 Å². The van der Waals surface area contributed by atoms with Gasteiger partial charge in [0.05, 0.1) is 5.57 Å². The van der Waals surface area contributed by atoms with Gasteiger partial charge in [0.1, 0.15) is 5.04 Å². The summed E-state index contributed by atoms with van der Waals surface area (Å²) in [6.45, 7) is 10.3. The van der Waals surface area contributed by atoms with Crippen molar-refractivity contribution in [1.29, 1.82) is 5.41 Å². The Balaban J connectivity index is 1.74. The molecule has 0 spiro atoms. The molecule has 0 atom stereocenters. The van der Waals surface area contributed by atoms with Gasteiger partial charge in [-0.3, -0.25) is 10.2 Å². The Morgan fingerprint density at radius 2 is 1.80 bits per heavy atom. The van der Waals surface area contributed by atoms with Gasteiger partial charge < -0.3 is 4.57 Å². The second-order valence-electron chi connectivity index (χ2n) is 7.77. The first-order valence-corrected chi connectivity index (χ1v) is 10.9. The Morgan fingerprint density at radius 1 is 1.10 bits per heavy atom. The van der Waals surface area contributed by atoms with Crippen LogP contribution < -0.4 is 0 Å². The molecule has 7 heteroatoms. The lowest BCUT2D eigenvalue weighted by Gasteiger charge is -2.20. The SMILES string of the molecule is CCCC1=NN2C(=N)/C(=C\c3cc(C)n(-c4cc(C)cc(C)c4)c3C)C(=O)N=C2S1. The average molecular weight is 420 g/mol. The van der Waals surface area contributed by atoms with Gasteiger partial charge in [-0.05, 0) is 93.3 Å². The molecule has 0 saturated heterocycles. The summed E-state index contributed by atoms with van der Waals surface area (Å²) in [6, 6.07) is 8.50. The van der Waals surface area contributed by atoms with Gasteiger partial charge in [0.2, 0.25) is 5.17 Å². The maximum absolute atomic E-state index is 12.7. The van der Waals surface area contributed by atoms with Crippen LogP contribution in [0.4, 0.5) is 0 Å². The number of carbonyl (C=O) groups is 1. The lowest BCUT2D eigenvalue weighted by atomic mass is 10.1. The van der Waals surface area contributed by atoms with Crippen molar-refractivity contribution in [2.45, 2.75) is 47.5 Å². The van der Waals surface area contributed by atoms with Crippen LogP contribution in [0.3, 0.4) is 0 Å². The van der Waals surface area contributed by atoms with Crippen LogP contribution in [-0.4, -0.2) is 31.5 Å². The summed E-state index contributed by atoms with van der Waals surface area (Å²) >= 11 is 1.38. The predicted molar refractivity (Wildman–Crippen MR) is 125 cm³/mol. The van der Waals surface area contributed by atoms with Crippen LogP contribution in [0.25, 0.3) is 11.8 Å². The molecule has 30 heavy (non-hydrogen) atoms. The molecule has 154 valence electrons. The molecule has 0 unspecified atom stereocenters. The third kappa shape index (κ3) is 3.54. The van der Waals surface area contributed by atoms with Gasteiger partial charge in [-0.15, -0.1) is 0 Å². The van der Waals surface area contributed by atoms with Crippen molar-refractivity contribution >= 4 is 39.8 Å². The van der Waals surface area contributed by atoms with Crippen molar-refractivity contribution in [1.82, 2.24) is 9.58 Å². The Hall–Kier alpha value is -2.93. The summed E-state index contributed by atoms with van der Waals surface area (Å²) in [7, 11) is 0. The minimum atomic E-state index is -0.386. The van der Waals surface area contributed by atoms with E-state index >= 15 is 0 Å². The quantitative estimate of drug-likeness (QED) is 0.698. The molecule has 1 amide bonds. The number of benzene rings is 1. The topological polar surface area (TPSA) is 73.8 Å². The summed E-state index contributed by atoms with van der Waals surface area (Å²) in [6.07, 6.45) is 3.55. The van der Waals surface area contributed by atoms with Crippen LogP contribution in [0.5, 0.6) is 0 Å². The predicted octanol–water partition coefficient (Wildman–Crippen LogP) is 5.13. The molecule has 0 aliphatic carbocycles. The van der Waals surface area contributed by atoms with Crippen molar-refractivity contribution < 1.29 is 4.79 Å². The second-order valence-corrected chi connectivity index (χ2v) is 8.81. The summed E-state index contributed by atoms with van der Waals surface area (Å²) in [4.78, 5) is 16.9. The minimum absolute atomic E-state index is 0.0832. The molecule has 0 radical (unpaired) electrons. The third-order valence-corrected chi connectivity index (χ3v) is 6.16. The highest BCUT2D eigenvalue weighted by Crippen LogP contribution is 2.31. The van der Waals surface area contributed by atoms with Crippen LogP contribution in [0.2, 0.25) is 0 Å². The van der Waals surface area contributed by atoms with E-state index in [9.17, 15) is 4.79 Å². The number of amides is 1. The van der Waals surface area contributed by atoms with E-state index in [0.717, 1.165) is 40.5 Å². The number of aryl methyl sites for hydroxylation is 3. The highest BCUT2D eigenvalue weighted by Gasteiger charge is 2.35. The first-order valence-electron chi connectivity index (χ1n) is 10.0. The number of carbonyl (C=O) groups excluding carboxylic acids is 1. The smallest absolute Gasteiger partial charge is 0.283 e. The normalized spacial score (nSPS) is 17.5. The fourth-order valence-electron chi connectivity index (χ4n) is 3.91. The summed E-state index contributed by atoms with van der Waals surface area (Å²) in [5.74, 6) is -0.303. The number of amidine groups is 2. The van der Waals surface area contributed by atoms with Gasteiger partial charge in [-0.1, -0.05) is 13.0 Å². The van der Waals surface area contributed by atoms with E-state index in [-0.39, 0.29) is 17.3 Å². The molecule has 0 saturated carbocycles. The lowest BCUT2D eigenvalue weighted by molar-refractivity contribution is -0.114. The molecule has 2 aliphatic rings. The van der Waals surface area contributed by atoms with Crippen LogP contribution in [-0.2, 0) is 4.79 Å².